The summed E-state index contributed by atoms with van der Waals surface area (Å²) in [5.41, 5.74) is 1.96. The Balaban J connectivity index is 1.45. The molecule has 1 saturated heterocycles. The van der Waals surface area contributed by atoms with Gasteiger partial charge in [-0.15, -0.1) is 17.9 Å². The average molecular weight is 356 g/mol. The molecule has 5 heteroatoms. The van der Waals surface area contributed by atoms with Gasteiger partial charge in [0.15, 0.2) is 0 Å². The number of nitrogens with one attached hydrogen (secondary N) is 1. The Morgan fingerprint density at radius 1 is 1.32 bits per heavy atom. The highest BCUT2D eigenvalue weighted by Crippen LogP contribution is 2.23. The number of carbonyl (C=O) groups is 1. The molecule has 0 unspecified atom stereocenters. The molecule has 1 fully saturated rings. The van der Waals surface area contributed by atoms with Crippen LogP contribution in [0, 0.1) is 5.92 Å². The van der Waals surface area contributed by atoms with E-state index < -0.39 is 0 Å². The van der Waals surface area contributed by atoms with Crippen molar-refractivity contribution in [1.29, 1.82) is 0 Å². The van der Waals surface area contributed by atoms with Gasteiger partial charge in [0.2, 0.25) is 0 Å². The van der Waals surface area contributed by atoms with E-state index in [1.807, 2.05) is 5.38 Å². The minimum absolute atomic E-state index is 0.121. The molecule has 2 aromatic rings. The lowest BCUT2D eigenvalue weighted by Crippen LogP contribution is -2.33. The highest BCUT2D eigenvalue weighted by atomic mass is 32.1. The molecule has 0 saturated carbocycles. The Hall–Kier alpha value is -1.98. The number of amides is 1. The van der Waals surface area contributed by atoms with Crippen LogP contribution in [0.3, 0.4) is 0 Å². The predicted octanol–water partition coefficient (Wildman–Crippen LogP) is 3.51. The summed E-state index contributed by atoms with van der Waals surface area (Å²) in [5.74, 6) is 0.652. The number of hydrogen-bond donors (Lipinski definition) is 1. The number of thiazole rings is 1. The number of piperidine rings is 1. The Bertz CT molecular complexity index is 690. The van der Waals surface area contributed by atoms with Crippen molar-refractivity contribution in [1.82, 2.24) is 15.2 Å². The van der Waals surface area contributed by atoms with Crippen LogP contribution in [-0.2, 0) is 13.0 Å². The maximum absolute atomic E-state index is 11.9. The van der Waals surface area contributed by atoms with E-state index in [0.717, 1.165) is 30.6 Å². The maximum Gasteiger partial charge on any atom is 0.271 e. The van der Waals surface area contributed by atoms with Gasteiger partial charge in [0.05, 0.1) is 6.54 Å². The Morgan fingerprint density at radius 2 is 2.08 bits per heavy atom. The summed E-state index contributed by atoms with van der Waals surface area (Å²) in [6.45, 7) is 7.13. The van der Waals surface area contributed by atoms with Crippen LogP contribution in [0.1, 0.15) is 33.9 Å². The van der Waals surface area contributed by atoms with Crippen molar-refractivity contribution in [2.24, 2.45) is 5.92 Å². The van der Waals surface area contributed by atoms with E-state index in [0.29, 0.717) is 12.2 Å². The molecule has 0 atom stereocenters. The van der Waals surface area contributed by atoms with Crippen molar-refractivity contribution in [3.63, 3.8) is 0 Å². The van der Waals surface area contributed by atoms with Gasteiger partial charge in [-0.25, -0.2) is 4.98 Å². The first-order chi connectivity index (χ1) is 12.2. The highest BCUT2D eigenvalue weighted by Gasteiger charge is 2.20. The standard InChI is InChI=1S/C20H25N3OS/c1-2-10-21-20(24)18-15-25-19(22-18)14-23-11-8-17(9-12-23)13-16-6-4-3-5-7-16/h2-7,15,17H,1,8-14H2,(H,21,24). The lowest BCUT2D eigenvalue weighted by Gasteiger charge is -2.31. The number of likely N-dealkylation sites (tertiary alicyclic amines) is 1. The fraction of sp³-hybridized carbons (Fsp3) is 0.400. The van der Waals surface area contributed by atoms with Gasteiger partial charge in [-0.2, -0.15) is 0 Å². The fourth-order valence-electron chi connectivity index (χ4n) is 3.23. The first-order valence-corrected chi connectivity index (χ1v) is 9.72. The smallest absolute Gasteiger partial charge is 0.271 e. The first kappa shape index (κ1) is 17.8. The van der Waals surface area contributed by atoms with Gasteiger partial charge in [-0.3, -0.25) is 9.69 Å². The third kappa shape index (κ3) is 5.25. The van der Waals surface area contributed by atoms with Crippen LogP contribution in [0.4, 0.5) is 0 Å². The molecule has 1 aromatic carbocycles. The largest absolute Gasteiger partial charge is 0.347 e. The SMILES string of the molecule is C=CCNC(=O)c1csc(CN2CCC(Cc3ccccc3)CC2)n1. The van der Waals surface area contributed by atoms with Crippen molar-refractivity contribution < 1.29 is 4.79 Å². The minimum Gasteiger partial charge on any atom is -0.347 e. The third-order valence-electron chi connectivity index (χ3n) is 4.62. The van der Waals surface area contributed by atoms with Gasteiger partial charge in [-0.05, 0) is 43.8 Å². The monoisotopic (exact) mass is 355 g/mol. The first-order valence-electron chi connectivity index (χ1n) is 8.84. The van der Waals surface area contributed by atoms with E-state index in [9.17, 15) is 4.79 Å². The average Bonchev–Trinajstić information content (AvgIpc) is 3.11. The number of aromatic nitrogens is 1. The van der Waals surface area contributed by atoms with Crippen LogP contribution in [0.5, 0.6) is 0 Å². The van der Waals surface area contributed by atoms with Crippen LogP contribution in [-0.4, -0.2) is 35.4 Å². The van der Waals surface area contributed by atoms with E-state index in [2.05, 4.69) is 52.1 Å². The molecule has 132 valence electrons. The summed E-state index contributed by atoms with van der Waals surface area (Å²) >= 11 is 1.57. The van der Waals surface area contributed by atoms with Gasteiger partial charge < -0.3 is 5.32 Å². The molecule has 1 aliphatic rings. The zero-order valence-corrected chi connectivity index (χ0v) is 15.3. The summed E-state index contributed by atoms with van der Waals surface area (Å²) in [7, 11) is 0. The van der Waals surface area contributed by atoms with Crippen LogP contribution in [0.25, 0.3) is 0 Å². The maximum atomic E-state index is 11.9. The number of benzene rings is 1. The van der Waals surface area contributed by atoms with Gasteiger partial charge in [0.25, 0.3) is 5.91 Å². The second-order valence-electron chi connectivity index (χ2n) is 6.53. The topological polar surface area (TPSA) is 45.2 Å². The van der Waals surface area contributed by atoms with E-state index in [4.69, 9.17) is 0 Å². The molecule has 2 heterocycles. The normalized spacial score (nSPS) is 15.8. The van der Waals surface area contributed by atoms with E-state index in [-0.39, 0.29) is 5.91 Å². The van der Waals surface area contributed by atoms with Crippen molar-refractivity contribution in [2.75, 3.05) is 19.6 Å². The van der Waals surface area contributed by atoms with E-state index in [1.165, 1.54) is 24.8 Å². The summed E-state index contributed by atoms with van der Waals surface area (Å²) in [6, 6.07) is 10.8. The van der Waals surface area contributed by atoms with Crippen LogP contribution in [0.2, 0.25) is 0 Å². The molecule has 0 bridgehead atoms. The van der Waals surface area contributed by atoms with Crippen molar-refractivity contribution >= 4 is 17.2 Å². The van der Waals surface area contributed by atoms with Crippen LogP contribution < -0.4 is 5.32 Å². The number of carbonyl (C=O) groups excluding carboxylic acids is 1. The van der Waals surface area contributed by atoms with Gasteiger partial charge in [-0.1, -0.05) is 36.4 Å². The highest BCUT2D eigenvalue weighted by molar-refractivity contribution is 7.09. The molecule has 0 aliphatic carbocycles. The van der Waals surface area contributed by atoms with Gasteiger partial charge in [0, 0.05) is 11.9 Å². The second kappa shape index (κ2) is 8.92. The van der Waals surface area contributed by atoms with Crippen molar-refractivity contribution in [2.45, 2.75) is 25.8 Å². The van der Waals surface area contributed by atoms with Crippen molar-refractivity contribution in [3.05, 3.63) is 64.6 Å². The minimum atomic E-state index is -0.121. The zero-order chi connectivity index (χ0) is 17.5. The zero-order valence-electron chi connectivity index (χ0n) is 14.5. The molecule has 1 N–H and O–H groups in total. The Labute approximate surface area is 153 Å². The number of nitrogens with zero attached hydrogens (tertiary/aromatic N) is 2. The molecule has 25 heavy (non-hydrogen) atoms. The third-order valence-corrected chi connectivity index (χ3v) is 5.46. The summed E-state index contributed by atoms with van der Waals surface area (Å²) < 4.78 is 0. The van der Waals surface area contributed by atoms with Crippen LogP contribution in [0.15, 0.2) is 48.4 Å². The number of rotatable bonds is 7. The summed E-state index contributed by atoms with van der Waals surface area (Å²) in [6.07, 6.45) is 5.31. The molecular formula is C20H25N3OS. The summed E-state index contributed by atoms with van der Waals surface area (Å²) in [4.78, 5) is 18.8. The van der Waals surface area contributed by atoms with Gasteiger partial charge in [0.1, 0.15) is 10.7 Å². The molecule has 0 spiro atoms. The quantitative estimate of drug-likeness (QED) is 0.773. The molecule has 3 rings (SSSR count). The second-order valence-corrected chi connectivity index (χ2v) is 7.48. The molecule has 4 nitrogen and oxygen atoms in total. The lowest BCUT2D eigenvalue weighted by atomic mass is 9.90. The van der Waals surface area contributed by atoms with Gasteiger partial charge >= 0.3 is 0 Å². The van der Waals surface area contributed by atoms with E-state index >= 15 is 0 Å². The molecule has 1 amide bonds. The van der Waals surface area contributed by atoms with E-state index in [1.54, 1.807) is 17.4 Å². The van der Waals surface area contributed by atoms with Crippen LogP contribution >= 0.6 is 11.3 Å². The molecule has 0 radical (unpaired) electrons. The molecular weight excluding hydrogens is 330 g/mol. The predicted molar refractivity (Wildman–Crippen MR) is 103 cm³/mol. The molecule has 1 aromatic heterocycles. The fourth-order valence-corrected chi connectivity index (χ4v) is 4.05. The van der Waals surface area contributed by atoms with Crippen molar-refractivity contribution in [3.8, 4) is 0 Å². The Kier molecular flexibility index (Phi) is 6.36. The Morgan fingerprint density at radius 3 is 2.80 bits per heavy atom. The number of hydrogen-bond acceptors (Lipinski definition) is 4. The summed E-state index contributed by atoms with van der Waals surface area (Å²) in [5, 5.41) is 5.63. The molecule has 1 aliphatic heterocycles. The lowest BCUT2D eigenvalue weighted by molar-refractivity contribution is 0.0953.